The van der Waals surface area contributed by atoms with Gasteiger partial charge in [0.1, 0.15) is 0 Å². The molecule has 3 N–H and O–H groups in total. The molecule has 1 aliphatic rings. The largest absolute Gasteiger partial charge is 0.383 e. The van der Waals surface area contributed by atoms with Crippen molar-refractivity contribution >= 4 is 40.8 Å². The van der Waals surface area contributed by atoms with E-state index in [1.807, 2.05) is 49.4 Å². The van der Waals surface area contributed by atoms with E-state index in [9.17, 15) is 4.79 Å². The van der Waals surface area contributed by atoms with Gasteiger partial charge in [-0.1, -0.05) is 71.2 Å². The van der Waals surface area contributed by atoms with Crippen LogP contribution in [-0.4, -0.2) is 28.1 Å². The van der Waals surface area contributed by atoms with Crippen LogP contribution in [0.15, 0.2) is 64.6 Å². The smallest absolute Gasteiger partial charge is 0.253 e. The summed E-state index contributed by atoms with van der Waals surface area (Å²) in [6, 6.07) is 16.4. The number of benzene rings is 2. The average Bonchev–Trinajstić information content (AvgIpc) is 2.94. The zero-order valence-electron chi connectivity index (χ0n) is 13.4. The second-order valence-corrected chi connectivity index (χ2v) is 6.78. The molecule has 0 aromatic heterocycles. The third kappa shape index (κ3) is 3.38. The Morgan fingerprint density at radius 1 is 1.12 bits per heavy atom. The van der Waals surface area contributed by atoms with Crippen LogP contribution in [0.2, 0.25) is 0 Å². The van der Waals surface area contributed by atoms with Crippen molar-refractivity contribution < 1.29 is 4.79 Å². The molecule has 25 heavy (non-hydrogen) atoms. The molecule has 7 heteroatoms. The second-order valence-electron chi connectivity index (χ2n) is 5.69. The molecule has 2 aromatic rings. The van der Waals surface area contributed by atoms with Crippen LogP contribution in [0, 0.1) is 6.92 Å². The summed E-state index contributed by atoms with van der Waals surface area (Å²) in [7, 11) is 0. The van der Waals surface area contributed by atoms with Gasteiger partial charge in [0.15, 0.2) is 16.5 Å². The van der Waals surface area contributed by atoms with Gasteiger partial charge in [0.05, 0.1) is 0 Å². The number of rotatable bonds is 4. The fraction of sp³-hybridized carbons (Fsp3) is 0.167. The highest BCUT2D eigenvalue weighted by molar-refractivity contribution is 6.47. The SMILES string of the molecule is Cc1ccc(C(=O)N[C@]2(C(Cl)Cl)N=C(c3ccccc3)N=C2N)cc1. The average molecular weight is 375 g/mol. The minimum atomic E-state index is -1.50. The quantitative estimate of drug-likeness (QED) is 0.806. The lowest BCUT2D eigenvalue weighted by molar-refractivity contribution is 0.0928. The number of hydrogen-bond donors (Lipinski definition) is 2. The Labute approximate surface area is 155 Å². The summed E-state index contributed by atoms with van der Waals surface area (Å²) in [4.78, 5) is 20.2. The third-order valence-electron chi connectivity index (χ3n) is 3.86. The van der Waals surface area contributed by atoms with Crippen LogP contribution in [0.3, 0.4) is 0 Å². The van der Waals surface area contributed by atoms with Gasteiger partial charge in [0.25, 0.3) is 5.91 Å². The summed E-state index contributed by atoms with van der Waals surface area (Å²) in [5, 5.41) is 2.73. The fourth-order valence-corrected chi connectivity index (χ4v) is 2.85. The molecule has 5 nitrogen and oxygen atoms in total. The van der Waals surface area contributed by atoms with E-state index in [1.54, 1.807) is 12.1 Å². The number of halogens is 2. The van der Waals surface area contributed by atoms with Gasteiger partial charge in [-0.2, -0.15) is 0 Å². The van der Waals surface area contributed by atoms with E-state index >= 15 is 0 Å². The van der Waals surface area contributed by atoms with Crippen LogP contribution in [0.1, 0.15) is 21.5 Å². The number of hydrogen-bond acceptors (Lipinski definition) is 4. The number of carbonyl (C=O) groups excluding carboxylic acids is 1. The van der Waals surface area contributed by atoms with E-state index < -0.39 is 10.5 Å². The Morgan fingerprint density at radius 3 is 2.36 bits per heavy atom. The van der Waals surface area contributed by atoms with Crippen molar-refractivity contribution in [3.8, 4) is 0 Å². The molecule has 1 heterocycles. The number of nitrogens with two attached hydrogens (primary N) is 1. The molecule has 1 atom stereocenters. The van der Waals surface area contributed by atoms with Crippen molar-refractivity contribution in [2.75, 3.05) is 0 Å². The van der Waals surface area contributed by atoms with E-state index in [0.717, 1.165) is 11.1 Å². The lowest BCUT2D eigenvalue weighted by Crippen LogP contribution is -2.59. The van der Waals surface area contributed by atoms with Gasteiger partial charge in [-0.3, -0.25) is 4.79 Å². The Hall–Kier alpha value is -2.37. The first kappa shape index (κ1) is 17.5. The molecule has 0 radical (unpaired) electrons. The number of nitrogens with zero attached hydrogens (tertiary/aromatic N) is 2. The molecule has 3 rings (SSSR count). The maximum atomic E-state index is 12.6. The maximum Gasteiger partial charge on any atom is 0.253 e. The van der Waals surface area contributed by atoms with Gasteiger partial charge in [-0.25, -0.2) is 9.98 Å². The lowest BCUT2D eigenvalue weighted by Gasteiger charge is -2.28. The number of carbonyl (C=O) groups is 1. The number of nitrogens with one attached hydrogen (secondary N) is 1. The molecular weight excluding hydrogens is 359 g/mol. The molecule has 1 amide bonds. The van der Waals surface area contributed by atoms with Crippen molar-refractivity contribution in [2.24, 2.45) is 15.7 Å². The van der Waals surface area contributed by atoms with Gasteiger partial charge in [-0.05, 0) is 19.1 Å². The van der Waals surface area contributed by atoms with Crippen molar-refractivity contribution in [3.05, 3.63) is 71.3 Å². The monoisotopic (exact) mass is 374 g/mol. The summed E-state index contributed by atoms with van der Waals surface area (Å²) in [6.07, 6.45) is 0. The number of amides is 1. The van der Waals surface area contributed by atoms with Crippen LogP contribution < -0.4 is 11.1 Å². The third-order valence-corrected chi connectivity index (χ3v) is 4.50. The minimum absolute atomic E-state index is 0.0433. The van der Waals surface area contributed by atoms with Crippen LogP contribution in [0.5, 0.6) is 0 Å². The first-order chi connectivity index (χ1) is 11.9. The first-order valence-corrected chi connectivity index (χ1v) is 8.47. The molecule has 2 aromatic carbocycles. The van der Waals surface area contributed by atoms with E-state index in [0.29, 0.717) is 11.4 Å². The van der Waals surface area contributed by atoms with Gasteiger partial charge >= 0.3 is 0 Å². The van der Waals surface area contributed by atoms with Crippen molar-refractivity contribution in [2.45, 2.75) is 17.4 Å². The highest BCUT2D eigenvalue weighted by atomic mass is 35.5. The molecule has 0 fully saturated rings. The number of aliphatic imine (C=N–C) groups is 2. The van der Waals surface area contributed by atoms with Crippen LogP contribution >= 0.6 is 23.2 Å². The fourth-order valence-electron chi connectivity index (χ4n) is 2.42. The number of alkyl halides is 2. The zero-order valence-corrected chi connectivity index (χ0v) is 14.9. The summed E-state index contributed by atoms with van der Waals surface area (Å²) in [6.45, 7) is 1.94. The van der Waals surface area contributed by atoms with Crippen LogP contribution in [0.25, 0.3) is 0 Å². The highest BCUT2D eigenvalue weighted by Gasteiger charge is 2.46. The van der Waals surface area contributed by atoms with Crippen molar-refractivity contribution in [3.63, 3.8) is 0 Å². The molecule has 0 spiro atoms. The zero-order chi connectivity index (χ0) is 18.0. The lowest BCUT2D eigenvalue weighted by atomic mass is 10.1. The highest BCUT2D eigenvalue weighted by Crippen LogP contribution is 2.28. The molecule has 1 aliphatic heterocycles. The van der Waals surface area contributed by atoms with Crippen LogP contribution in [-0.2, 0) is 0 Å². The van der Waals surface area contributed by atoms with E-state index in [-0.39, 0.29) is 11.7 Å². The van der Waals surface area contributed by atoms with Gasteiger partial charge in [0, 0.05) is 11.1 Å². The van der Waals surface area contributed by atoms with Gasteiger partial charge in [-0.15, -0.1) is 0 Å². The van der Waals surface area contributed by atoms with E-state index in [4.69, 9.17) is 28.9 Å². The molecule has 0 aliphatic carbocycles. The summed E-state index contributed by atoms with van der Waals surface area (Å²) >= 11 is 12.3. The standard InChI is InChI=1S/C18H16Cl2N4O/c1-11-7-9-13(10-8-11)15(25)24-18(16(19)20)17(21)22-14(23-18)12-5-3-2-4-6-12/h2-10,16H,1H3,(H,24,25)(H2,21,22,23)/t18-/m0/s1. The molecule has 0 unspecified atom stereocenters. The molecule has 128 valence electrons. The Morgan fingerprint density at radius 2 is 1.76 bits per heavy atom. The van der Waals surface area contributed by atoms with Crippen molar-refractivity contribution in [1.82, 2.24) is 5.32 Å². The topological polar surface area (TPSA) is 79.8 Å². The predicted octanol–water partition coefficient (Wildman–Crippen LogP) is 3.04. The summed E-state index contributed by atoms with van der Waals surface area (Å²) in [5.41, 5.74) is 6.80. The van der Waals surface area contributed by atoms with Crippen LogP contribution in [0.4, 0.5) is 0 Å². The summed E-state index contributed by atoms with van der Waals surface area (Å²) in [5.74, 6) is 0.0259. The molecule has 0 bridgehead atoms. The Bertz CT molecular complexity index is 847. The molecule has 0 saturated carbocycles. The minimum Gasteiger partial charge on any atom is -0.383 e. The second kappa shape index (κ2) is 6.86. The molecule has 0 saturated heterocycles. The number of aryl methyl sites for hydroxylation is 1. The Kier molecular flexibility index (Phi) is 4.79. The normalized spacial score (nSPS) is 19.5. The molecular formula is C18H16Cl2N4O. The summed E-state index contributed by atoms with van der Waals surface area (Å²) < 4.78 is 0. The van der Waals surface area contributed by atoms with E-state index in [1.165, 1.54) is 0 Å². The van der Waals surface area contributed by atoms with Crippen molar-refractivity contribution in [1.29, 1.82) is 0 Å². The first-order valence-electron chi connectivity index (χ1n) is 7.59. The maximum absolute atomic E-state index is 12.6. The van der Waals surface area contributed by atoms with Gasteiger partial charge < -0.3 is 11.1 Å². The number of amidine groups is 2. The van der Waals surface area contributed by atoms with E-state index in [2.05, 4.69) is 15.3 Å². The Balaban J connectivity index is 1.95. The predicted molar refractivity (Wildman–Crippen MR) is 101 cm³/mol. The van der Waals surface area contributed by atoms with Gasteiger partial charge in [0.2, 0.25) is 5.66 Å².